The largest absolute Gasteiger partial charge is 0.507 e. The predicted octanol–water partition coefficient (Wildman–Crippen LogP) is 4.89. The predicted molar refractivity (Wildman–Crippen MR) is 101 cm³/mol. The summed E-state index contributed by atoms with van der Waals surface area (Å²) in [6, 6.07) is 8.44. The number of fused-ring (bicyclic) bond motifs is 1. The third-order valence-electron chi connectivity index (χ3n) is 4.18. The van der Waals surface area contributed by atoms with Crippen molar-refractivity contribution in [2.24, 2.45) is 0 Å². The summed E-state index contributed by atoms with van der Waals surface area (Å²) in [5, 5.41) is 13.1. The molecule has 0 unspecified atom stereocenters. The van der Waals surface area contributed by atoms with Crippen molar-refractivity contribution in [3.8, 4) is 17.2 Å². The molecule has 0 aliphatic carbocycles. The Hall–Kier alpha value is -2.89. The summed E-state index contributed by atoms with van der Waals surface area (Å²) in [5.74, 6) is 0.252. The van der Waals surface area contributed by atoms with E-state index in [0.29, 0.717) is 34.8 Å². The molecule has 0 aliphatic heterocycles. The normalized spacial score (nSPS) is 11.0. The summed E-state index contributed by atoms with van der Waals surface area (Å²) in [4.78, 5) is 20.4. The van der Waals surface area contributed by atoms with Gasteiger partial charge in [-0.2, -0.15) is 4.98 Å². The van der Waals surface area contributed by atoms with Crippen LogP contribution in [0.15, 0.2) is 40.9 Å². The van der Waals surface area contributed by atoms with Gasteiger partial charge in [0.1, 0.15) is 5.75 Å². The number of unbranched alkanes of at least 4 members (excludes halogenated alkanes) is 4. The highest BCUT2D eigenvalue weighted by Gasteiger charge is 2.14. The second-order valence-corrected chi connectivity index (χ2v) is 6.29. The maximum absolute atomic E-state index is 12.0. The number of aromatic nitrogens is 2. The standard InChI is InChI=1S/C20H23N3O3/c1-2-3-4-5-6-9-18(25)22-14-10-11-15(16(24)13-14)20-23-19-17(26-20)8-7-12-21-19/h7-8,10-13,24H,2-6,9H2,1H3,(H,22,25). The number of hydrogen-bond donors (Lipinski definition) is 2. The van der Waals surface area contributed by atoms with Crippen molar-refractivity contribution in [2.75, 3.05) is 5.32 Å². The molecule has 0 aliphatic rings. The lowest BCUT2D eigenvalue weighted by atomic mass is 10.1. The molecule has 0 atom stereocenters. The van der Waals surface area contributed by atoms with Crippen LogP contribution in [0.3, 0.4) is 0 Å². The Balaban J connectivity index is 1.63. The van der Waals surface area contributed by atoms with Crippen molar-refractivity contribution in [3.05, 3.63) is 36.5 Å². The summed E-state index contributed by atoms with van der Waals surface area (Å²) < 4.78 is 5.62. The molecule has 2 N–H and O–H groups in total. The Bertz CT molecular complexity index is 856. The second kappa shape index (κ2) is 8.47. The molecule has 2 aromatic heterocycles. The van der Waals surface area contributed by atoms with Crippen LogP contribution in [0.4, 0.5) is 5.69 Å². The number of amides is 1. The number of anilines is 1. The van der Waals surface area contributed by atoms with Gasteiger partial charge in [0.2, 0.25) is 11.8 Å². The van der Waals surface area contributed by atoms with Gasteiger partial charge in [0.15, 0.2) is 11.2 Å². The van der Waals surface area contributed by atoms with E-state index in [4.69, 9.17) is 4.42 Å². The highest BCUT2D eigenvalue weighted by molar-refractivity contribution is 5.91. The minimum absolute atomic E-state index is 0.00250. The molecule has 3 aromatic rings. The smallest absolute Gasteiger partial charge is 0.232 e. The molecule has 6 nitrogen and oxygen atoms in total. The van der Waals surface area contributed by atoms with Gasteiger partial charge in [-0.15, -0.1) is 0 Å². The van der Waals surface area contributed by atoms with Crippen LogP contribution < -0.4 is 5.32 Å². The molecule has 3 rings (SSSR count). The number of rotatable bonds is 8. The van der Waals surface area contributed by atoms with Crippen LogP contribution in [0.1, 0.15) is 45.4 Å². The summed E-state index contributed by atoms with van der Waals surface area (Å²) in [7, 11) is 0. The lowest BCUT2D eigenvalue weighted by molar-refractivity contribution is -0.116. The van der Waals surface area contributed by atoms with Gasteiger partial charge in [-0.1, -0.05) is 32.6 Å². The minimum Gasteiger partial charge on any atom is -0.507 e. The lowest BCUT2D eigenvalue weighted by Gasteiger charge is -2.07. The molecule has 0 spiro atoms. The van der Waals surface area contributed by atoms with Crippen molar-refractivity contribution < 1.29 is 14.3 Å². The fraction of sp³-hybridized carbons (Fsp3) is 0.350. The monoisotopic (exact) mass is 353 g/mol. The molecule has 0 fully saturated rings. The van der Waals surface area contributed by atoms with Gasteiger partial charge in [0.05, 0.1) is 5.56 Å². The number of phenolic OH excluding ortho intramolecular Hbond substituents is 1. The van der Waals surface area contributed by atoms with Crippen molar-refractivity contribution in [2.45, 2.75) is 45.4 Å². The third kappa shape index (κ3) is 4.39. The van der Waals surface area contributed by atoms with Crippen LogP contribution in [0.5, 0.6) is 5.75 Å². The Morgan fingerprint density at radius 3 is 2.81 bits per heavy atom. The molecule has 1 amide bonds. The van der Waals surface area contributed by atoms with Crippen LogP contribution in [0, 0.1) is 0 Å². The molecule has 0 saturated heterocycles. The maximum atomic E-state index is 12.0. The van der Waals surface area contributed by atoms with Crippen molar-refractivity contribution >= 4 is 22.8 Å². The van der Waals surface area contributed by atoms with E-state index in [1.165, 1.54) is 25.3 Å². The van der Waals surface area contributed by atoms with Gasteiger partial charge in [0.25, 0.3) is 0 Å². The van der Waals surface area contributed by atoms with Crippen molar-refractivity contribution in [1.29, 1.82) is 0 Å². The summed E-state index contributed by atoms with van der Waals surface area (Å²) in [5.41, 5.74) is 2.06. The SMILES string of the molecule is CCCCCCCC(=O)Nc1ccc(-c2nc3ncccc3o2)c(O)c1. The first-order chi connectivity index (χ1) is 12.7. The summed E-state index contributed by atoms with van der Waals surface area (Å²) in [6.07, 6.45) is 7.64. The topological polar surface area (TPSA) is 88.3 Å². The molecule has 136 valence electrons. The number of carbonyl (C=O) groups excluding carboxylic acids is 1. The molecule has 1 aromatic carbocycles. The highest BCUT2D eigenvalue weighted by Crippen LogP contribution is 2.32. The van der Waals surface area contributed by atoms with E-state index in [9.17, 15) is 9.90 Å². The number of nitrogens with zero attached hydrogens (tertiary/aromatic N) is 2. The van der Waals surface area contributed by atoms with Crippen LogP contribution in [0.2, 0.25) is 0 Å². The number of carbonyl (C=O) groups is 1. The van der Waals surface area contributed by atoms with E-state index in [2.05, 4.69) is 22.2 Å². The van der Waals surface area contributed by atoms with Gasteiger partial charge >= 0.3 is 0 Å². The number of pyridine rings is 1. The van der Waals surface area contributed by atoms with Gasteiger partial charge in [-0.05, 0) is 30.7 Å². The first-order valence-corrected chi connectivity index (χ1v) is 9.02. The number of aromatic hydroxyl groups is 1. The van der Waals surface area contributed by atoms with Crippen LogP contribution >= 0.6 is 0 Å². The molecule has 2 heterocycles. The molecule has 0 bridgehead atoms. The number of phenols is 1. The Morgan fingerprint density at radius 2 is 2.04 bits per heavy atom. The van der Waals surface area contributed by atoms with Gasteiger partial charge in [0, 0.05) is 24.4 Å². The first kappa shape index (κ1) is 17.9. The molecule has 6 heteroatoms. The highest BCUT2D eigenvalue weighted by atomic mass is 16.4. The molecule has 26 heavy (non-hydrogen) atoms. The van der Waals surface area contributed by atoms with E-state index in [-0.39, 0.29) is 11.7 Å². The number of nitrogens with one attached hydrogen (secondary N) is 1. The number of oxazole rings is 1. The Morgan fingerprint density at radius 1 is 1.19 bits per heavy atom. The molecular formula is C20H23N3O3. The summed E-state index contributed by atoms with van der Waals surface area (Å²) >= 11 is 0. The molecule has 0 radical (unpaired) electrons. The van der Waals surface area contributed by atoms with E-state index in [0.717, 1.165) is 12.8 Å². The average molecular weight is 353 g/mol. The fourth-order valence-electron chi connectivity index (χ4n) is 2.79. The van der Waals surface area contributed by atoms with E-state index < -0.39 is 0 Å². The number of hydrogen-bond acceptors (Lipinski definition) is 5. The third-order valence-corrected chi connectivity index (χ3v) is 4.18. The molecule has 0 saturated carbocycles. The van der Waals surface area contributed by atoms with Gasteiger partial charge < -0.3 is 14.8 Å². The van der Waals surface area contributed by atoms with E-state index in [1.54, 1.807) is 30.5 Å². The van der Waals surface area contributed by atoms with E-state index >= 15 is 0 Å². The number of benzene rings is 1. The lowest BCUT2D eigenvalue weighted by Crippen LogP contribution is -2.10. The Labute approximate surface area is 152 Å². The van der Waals surface area contributed by atoms with Gasteiger partial charge in [-0.25, -0.2) is 4.98 Å². The fourth-order valence-corrected chi connectivity index (χ4v) is 2.79. The van der Waals surface area contributed by atoms with Crippen LogP contribution in [-0.4, -0.2) is 21.0 Å². The zero-order chi connectivity index (χ0) is 18.4. The van der Waals surface area contributed by atoms with Crippen LogP contribution in [0.25, 0.3) is 22.7 Å². The first-order valence-electron chi connectivity index (χ1n) is 9.02. The zero-order valence-corrected chi connectivity index (χ0v) is 14.9. The zero-order valence-electron chi connectivity index (χ0n) is 14.9. The quantitative estimate of drug-likeness (QED) is 0.563. The van der Waals surface area contributed by atoms with Gasteiger partial charge in [-0.3, -0.25) is 4.79 Å². The van der Waals surface area contributed by atoms with Crippen LogP contribution in [-0.2, 0) is 4.79 Å². The Kier molecular flexibility index (Phi) is 5.84. The molecular weight excluding hydrogens is 330 g/mol. The average Bonchev–Trinajstić information content (AvgIpc) is 3.05. The second-order valence-electron chi connectivity index (χ2n) is 6.29. The van der Waals surface area contributed by atoms with Crippen molar-refractivity contribution in [1.82, 2.24) is 9.97 Å². The van der Waals surface area contributed by atoms with Crippen molar-refractivity contribution in [3.63, 3.8) is 0 Å². The maximum Gasteiger partial charge on any atom is 0.232 e. The minimum atomic E-state index is -0.0419. The summed E-state index contributed by atoms with van der Waals surface area (Å²) in [6.45, 7) is 2.17. The van der Waals surface area contributed by atoms with E-state index in [1.807, 2.05) is 0 Å².